The van der Waals surface area contributed by atoms with Crippen LogP contribution in [0.5, 0.6) is 0 Å². The van der Waals surface area contributed by atoms with Crippen LogP contribution in [-0.2, 0) is 13.0 Å². The molecule has 2 rings (SSSR count). The predicted octanol–water partition coefficient (Wildman–Crippen LogP) is 2.61. The van der Waals surface area contributed by atoms with E-state index in [1.807, 2.05) is 25.9 Å². The normalized spacial score (nSPS) is 11.0. The first-order valence-electron chi connectivity index (χ1n) is 7.79. The van der Waals surface area contributed by atoms with Crippen LogP contribution in [0.4, 0.5) is 0 Å². The van der Waals surface area contributed by atoms with Crippen molar-refractivity contribution >= 4 is 17.2 Å². The molecule has 0 radical (unpaired) electrons. The first-order chi connectivity index (χ1) is 11.0. The molecule has 0 aliphatic rings. The van der Waals surface area contributed by atoms with Crippen molar-refractivity contribution in [1.29, 1.82) is 0 Å². The third-order valence-corrected chi connectivity index (χ3v) is 4.50. The van der Waals surface area contributed by atoms with Crippen LogP contribution in [-0.4, -0.2) is 52.9 Å². The van der Waals surface area contributed by atoms with E-state index in [2.05, 4.69) is 33.9 Å². The molecule has 0 fully saturated rings. The molecule has 0 saturated carbocycles. The molecule has 2 aromatic heterocycles. The van der Waals surface area contributed by atoms with Gasteiger partial charge in [0.05, 0.1) is 12.1 Å². The highest BCUT2D eigenvalue weighted by atomic mass is 32.1. The van der Waals surface area contributed by atoms with Crippen molar-refractivity contribution in [2.45, 2.75) is 26.8 Å². The highest BCUT2D eigenvalue weighted by Gasteiger charge is 2.18. The Bertz CT molecular complexity index is 636. The summed E-state index contributed by atoms with van der Waals surface area (Å²) in [6.45, 7) is 6.21. The van der Waals surface area contributed by atoms with E-state index in [-0.39, 0.29) is 5.91 Å². The van der Waals surface area contributed by atoms with Crippen molar-refractivity contribution in [2.75, 3.05) is 27.2 Å². The summed E-state index contributed by atoms with van der Waals surface area (Å²) in [5.41, 5.74) is 0.550. The number of likely N-dealkylation sites (N-methyl/N-ethyl adjacent to an activating group) is 1. The van der Waals surface area contributed by atoms with Crippen molar-refractivity contribution in [1.82, 2.24) is 19.8 Å². The van der Waals surface area contributed by atoms with Crippen molar-refractivity contribution in [3.05, 3.63) is 45.7 Å². The van der Waals surface area contributed by atoms with Gasteiger partial charge in [-0.05, 0) is 33.2 Å². The second-order valence-corrected chi connectivity index (χ2v) is 7.16. The highest BCUT2D eigenvalue weighted by Crippen LogP contribution is 2.18. The monoisotopic (exact) mass is 332 g/mol. The third-order valence-electron chi connectivity index (χ3n) is 3.52. The number of hydrogen-bond donors (Lipinski definition) is 0. The Balaban J connectivity index is 2.14. The summed E-state index contributed by atoms with van der Waals surface area (Å²) >= 11 is 1.73. The summed E-state index contributed by atoms with van der Waals surface area (Å²) in [6.07, 6.45) is 4.04. The Morgan fingerprint density at radius 2 is 1.87 bits per heavy atom. The Morgan fingerprint density at radius 1 is 1.17 bits per heavy atom. The number of aromatic nitrogens is 2. The zero-order valence-electron chi connectivity index (χ0n) is 14.2. The lowest BCUT2D eigenvalue weighted by atomic mass is 10.2. The van der Waals surface area contributed by atoms with Gasteiger partial charge in [0.2, 0.25) is 0 Å². The first kappa shape index (κ1) is 17.6. The van der Waals surface area contributed by atoms with E-state index in [9.17, 15) is 4.79 Å². The number of carbonyl (C=O) groups is 1. The average molecular weight is 332 g/mol. The lowest BCUT2D eigenvalue weighted by molar-refractivity contribution is 0.0732. The fourth-order valence-corrected chi connectivity index (χ4v) is 3.07. The largest absolute Gasteiger partial charge is 0.332 e. The maximum absolute atomic E-state index is 12.8. The summed E-state index contributed by atoms with van der Waals surface area (Å²) in [7, 11) is 4.02. The van der Waals surface area contributed by atoms with E-state index in [1.54, 1.807) is 23.7 Å². The van der Waals surface area contributed by atoms with Crippen molar-refractivity contribution in [3.8, 4) is 0 Å². The number of carbonyl (C=O) groups excluding carboxylic acids is 1. The van der Waals surface area contributed by atoms with E-state index in [0.29, 0.717) is 18.7 Å². The SMILES string of the molecule is CCc1ncc(C(=O)N(CCN(C)C)Cc2ccc(C)s2)cn1. The van der Waals surface area contributed by atoms with Crippen LogP contribution in [0.2, 0.25) is 0 Å². The van der Waals surface area contributed by atoms with Crippen LogP contribution in [0.25, 0.3) is 0 Å². The Hall–Kier alpha value is -1.79. The van der Waals surface area contributed by atoms with Gasteiger partial charge < -0.3 is 9.80 Å². The topological polar surface area (TPSA) is 49.3 Å². The molecule has 0 aliphatic heterocycles. The van der Waals surface area contributed by atoms with Gasteiger partial charge >= 0.3 is 0 Å². The van der Waals surface area contributed by atoms with E-state index in [4.69, 9.17) is 0 Å². The average Bonchev–Trinajstić information content (AvgIpc) is 2.95. The molecule has 0 bridgehead atoms. The van der Waals surface area contributed by atoms with Crippen LogP contribution < -0.4 is 0 Å². The quantitative estimate of drug-likeness (QED) is 0.782. The molecule has 0 N–H and O–H groups in total. The summed E-state index contributed by atoms with van der Waals surface area (Å²) in [5.74, 6) is 0.746. The molecule has 23 heavy (non-hydrogen) atoms. The third kappa shape index (κ3) is 5.11. The van der Waals surface area contributed by atoms with Gasteiger partial charge in [-0.25, -0.2) is 9.97 Å². The van der Waals surface area contributed by atoms with Crippen LogP contribution in [0.1, 0.15) is 32.9 Å². The molecule has 0 spiro atoms. The number of rotatable bonds is 7. The lowest BCUT2D eigenvalue weighted by Gasteiger charge is -2.24. The zero-order valence-corrected chi connectivity index (χ0v) is 15.1. The van der Waals surface area contributed by atoms with Crippen molar-refractivity contribution in [2.24, 2.45) is 0 Å². The molecule has 0 atom stereocenters. The maximum atomic E-state index is 12.8. The second kappa shape index (κ2) is 8.17. The highest BCUT2D eigenvalue weighted by molar-refractivity contribution is 7.11. The molecular weight excluding hydrogens is 308 g/mol. The van der Waals surface area contributed by atoms with Crippen LogP contribution >= 0.6 is 11.3 Å². The molecule has 1 amide bonds. The Labute approximate surface area is 142 Å². The summed E-state index contributed by atoms with van der Waals surface area (Å²) in [4.78, 5) is 27.7. The van der Waals surface area contributed by atoms with Gasteiger partial charge in [-0.3, -0.25) is 4.79 Å². The van der Waals surface area contributed by atoms with Gasteiger partial charge in [0.25, 0.3) is 5.91 Å². The van der Waals surface area contributed by atoms with Crippen LogP contribution in [0, 0.1) is 6.92 Å². The number of aryl methyl sites for hydroxylation is 2. The van der Waals surface area contributed by atoms with E-state index in [1.165, 1.54) is 9.75 Å². The molecular formula is C17H24N4OS. The summed E-state index contributed by atoms with van der Waals surface area (Å²) in [5, 5.41) is 0. The smallest absolute Gasteiger partial charge is 0.257 e. The van der Waals surface area contributed by atoms with Crippen LogP contribution in [0.3, 0.4) is 0 Å². The van der Waals surface area contributed by atoms with Crippen molar-refractivity contribution < 1.29 is 4.79 Å². The fourth-order valence-electron chi connectivity index (χ4n) is 2.16. The zero-order chi connectivity index (χ0) is 16.8. The molecule has 0 aromatic carbocycles. The van der Waals surface area contributed by atoms with E-state index < -0.39 is 0 Å². The Morgan fingerprint density at radius 3 is 2.39 bits per heavy atom. The van der Waals surface area contributed by atoms with Gasteiger partial charge in [-0.2, -0.15) is 0 Å². The molecule has 2 heterocycles. The molecule has 2 aromatic rings. The molecule has 124 valence electrons. The van der Waals surface area contributed by atoms with Crippen molar-refractivity contribution in [3.63, 3.8) is 0 Å². The minimum atomic E-state index is -0.0134. The minimum absolute atomic E-state index is 0.0134. The van der Waals surface area contributed by atoms with E-state index >= 15 is 0 Å². The minimum Gasteiger partial charge on any atom is -0.332 e. The summed E-state index contributed by atoms with van der Waals surface area (Å²) in [6, 6.07) is 4.18. The first-order valence-corrected chi connectivity index (χ1v) is 8.61. The fraction of sp³-hybridized carbons (Fsp3) is 0.471. The molecule has 6 heteroatoms. The Kier molecular flexibility index (Phi) is 6.24. The standard InChI is InChI=1S/C17H24N4OS/c1-5-16-18-10-14(11-19-16)17(22)21(9-8-20(3)4)12-15-7-6-13(2)23-15/h6-7,10-11H,5,8-9,12H2,1-4H3. The number of amides is 1. The van der Waals surface area contributed by atoms with Crippen LogP contribution in [0.15, 0.2) is 24.5 Å². The van der Waals surface area contributed by atoms with Gasteiger partial charge in [-0.1, -0.05) is 6.92 Å². The second-order valence-electron chi connectivity index (χ2n) is 5.78. The van der Waals surface area contributed by atoms with Gasteiger partial charge in [0.15, 0.2) is 0 Å². The van der Waals surface area contributed by atoms with Gasteiger partial charge in [0, 0.05) is 41.7 Å². The summed E-state index contributed by atoms with van der Waals surface area (Å²) < 4.78 is 0. The molecule has 0 aliphatic carbocycles. The maximum Gasteiger partial charge on any atom is 0.257 e. The molecule has 5 nitrogen and oxygen atoms in total. The predicted molar refractivity (Wildman–Crippen MR) is 93.8 cm³/mol. The molecule has 0 saturated heterocycles. The lowest BCUT2D eigenvalue weighted by Crippen LogP contribution is -2.36. The van der Waals surface area contributed by atoms with E-state index in [0.717, 1.165) is 18.8 Å². The number of hydrogen-bond acceptors (Lipinski definition) is 5. The van der Waals surface area contributed by atoms with Gasteiger partial charge in [-0.15, -0.1) is 11.3 Å². The molecule has 0 unspecified atom stereocenters. The van der Waals surface area contributed by atoms with Gasteiger partial charge in [0.1, 0.15) is 5.82 Å². The number of thiophene rings is 1. The number of nitrogens with zero attached hydrogens (tertiary/aromatic N) is 4.